The van der Waals surface area contributed by atoms with Gasteiger partial charge < -0.3 is 9.67 Å². The van der Waals surface area contributed by atoms with Crippen LogP contribution in [0.5, 0.6) is 0 Å². The first-order valence-corrected chi connectivity index (χ1v) is 5.22. The standard InChI is InChI=1S/C11H18N2O/c1-8-6-9(11(2,3)14)13-5-4-12-10(13)7-8/h4-5,8-9,14H,6-7H2,1-3H3. The van der Waals surface area contributed by atoms with Crippen molar-refractivity contribution >= 4 is 0 Å². The van der Waals surface area contributed by atoms with Crippen molar-refractivity contribution in [3.05, 3.63) is 18.2 Å². The van der Waals surface area contributed by atoms with Crippen LogP contribution in [0.4, 0.5) is 0 Å². The third kappa shape index (κ3) is 1.57. The fraction of sp³-hybridized carbons (Fsp3) is 0.727. The molecule has 78 valence electrons. The minimum atomic E-state index is -0.663. The van der Waals surface area contributed by atoms with E-state index in [-0.39, 0.29) is 6.04 Å². The van der Waals surface area contributed by atoms with E-state index in [0.717, 1.165) is 18.7 Å². The van der Waals surface area contributed by atoms with E-state index in [1.54, 1.807) is 0 Å². The molecule has 3 nitrogen and oxygen atoms in total. The lowest BCUT2D eigenvalue weighted by Crippen LogP contribution is -2.38. The van der Waals surface area contributed by atoms with Crippen molar-refractivity contribution in [1.29, 1.82) is 0 Å². The summed E-state index contributed by atoms with van der Waals surface area (Å²) in [5.41, 5.74) is -0.663. The summed E-state index contributed by atoms with van der Waals surface area (Å²) in [7, 11) is 0. The van der Waals surface area contributed by atoms with Crippen molar-refractivity contribution in [2.75, 3.05) is 0 Å². The third-order valence-corrected chi connectivity index (χ3v) is 3.06. The van der Waals surface area contributed by atoms with Gasteiger partial charge in [0.2, 0.25) is 0 Å². The van der Waals surface area contributed by atoms with Gasteiger partial charge in [-0.25, -0.2) is 4.98 Å². The van der Waals surface area contributed by atoms with Crippen LogP contribution in [-0.4, -0.2) is 20.3 Å². The van der Waals surface area contributed by atoms with Gasteiger partial charge in [0.05, 0.1) is 11.6 Å². The Morgan fingerprint density at radius 1 is 1.57 bits per heavy atom. The van der Waals surface area contributed by atoms with Crippen LogP contribution in [0.15, 0.2) is 12.4 Å². The number of aromatic nitrogens is 2. The lowest BCUT2D eigenvalue weighted by molar-refractivity contribution is 0.00608. The molecule has 2 rings (SSSR count). The van der Waals surface area contributed by atoms with Gasteiger partial charge in [0.1, 0.15) is 5.82 Å². The Bertz CT molecular complexity index is 324. The van der Waals surface area contributed by atoms with Gasteiger partial charge >= 0.3 is 0 Å². The van der Waals surface area contributed by atoms with Crippen molar-refractivity contribution in [3.8, 4) is 0 Å². The predicted molar refractivity (Wildman–Crippen MR) is 55.0 cm³/mol. The molecule has 0 saturated carbocycles. The lowest BCUT2D eigenvalue weighted by Gasteiger charge is -2.37. The number of aliphatic hydroxyl groups is 1. The Balaban J connectivity index is 2.37. The Labute approximate surface area is 84.8 Å². The molecule has 0 bridgehead atoms. The Hall–Kier alpha value is -0.830. The molecule has 1 aliphatic rings. The maximum atomic E-state index is 10.1. The summed E-state index contributed by atoms with van der Waals surface area (Å²) in [5.74, 6) is 1.72. The predicted octanol–water partition coefficient (Wildman–Crippen LogP) is 1.78. The highest BCUT2D eigenvalue weighted by atomic mass is 16.3. The maximum absolute atomic E-state index is 10.1. The molecule has 1 aromatic rings. The largest absolute Gasteiger partial charge is 0.388 e. The van der Waals surface area contributed by atoms with Gasteiger partial charge in [-0.3, -0.25) is 0 Å². The van der Waals surface area contributed by atoms with Crippen molar-refractivity contribution in [2.24, 2.45) is 5.92 Å². The van der Waals surface area contributed by atoms with Gasteiger partial charge in [0.15, 0.2) is 0 Å². The molecular weight excluding hydrogens is 176 g/mol. The molecule has 1 aliphatic heterocycles. The van der Waals surface area contributed by atoms with Crippen LogP contribution in [0.2, 0.25) is 0 Å². The number of imidazole rings is 1. The SMILES string of the molecule is CC1Cc2nccn2C(C(C)(C)O)C1. The molecule has 14 heavy (non-hydrogen) atoms. The van der Waals surface area contributed by atoms with Crippen molar-refractivity contribution in [3.63, 3.8) is 0 Å². The van der Waals surface area contributed by atoms with Gasteiger partial charge in [-0.1, -0.05) is 6.92 Å². The number of rotatable bonds is 1. The summed E-state index contributed by atoms with van der Waals surface area (Å²) >= 11 is 0. The molecule has 2 atom stereocenters. The van der Waals surface area contributed by atoms with Crippen molar-refractivity contribution in [1.82, 2.24) is 9.55 Å². The summed E-state index contributed by atoms with van der Waals surface area (Å²) in [6, 6.07) is 0.170. The second-order valence-electron chi connectivity index (χ2n) is 4.97. The molecule has 0 aromatic carbocycles. The van der Waals surface area contributed by atoms with E-state index in [1.807, 2.05) is 26.2 Å². The molecule has 0 fully saturated rings. The van der Waals surface area contributed by atoms with E-state index >= 15 is 0 Å². The first kappa shape index (κ1) is 9.71. The average molecular weight is 194 g/mol. The van der Waals surface area contributed by atoms with E-state index in [4.69, 9.17) is 0 Å². The van der Waals surface area contributed by atoms with Crippen molar-refractivity contribution in [2.45, 2.75) is 45.3 Å². The van der Waals surface area contributed by atoms with E-state index < -0.39 is 5.60 Å². The summed E-state index contributed by atoms with van der Waals surface area (Å²) in [6.45, 7) is 5.97. The van der Waals surface area contributed by atoms with Gasteiger partial charge in [-0.2, -0.15) is 0 Å². The molecule has 0 radical (unpaired) electrons. The molecule has 1 aromatic heterocycles. The third-order valence-electron chi connectivity index (χ3n) is 3.06. The van der Waals surface area contributed by atoms with Crippen LogP contribution in [0.3, 0.4) is 0 Å². The second-order valence-corrected chi connectivity index (χ2v) is 4.97. The highest BCUT2D eigenvalue weighted by molar-refractivity contribution is 5.04. The number of hydrogen-bond donors (Lipinski definition) is 1. The quantitative estimate of drug-likeness (QED) is 0.740. The minimum Gasteiger partial charge on any atom is -0.388 e. The molecule has 0 spiro atoms. The van der Waals surface area contributed by atoms with Crippen LogP contribution in [0, 0.1) is 5.92 Å². The molecule has 1 N–H and O–H groups in total. The van der Waals surface area contributed by atoms with E-state index in [9.17, 15) is 5.11 Å². The first-order chi connectivity index (χ1) is 6.48. The van der Waals surface area contributed by atoms with E-state index in [0.29, 0.717) is 5.92 Å². The Kier molecular flexibility index (Phi) is 2.14. The molecule has 2 heterocycles. The van der Waals surface area contributed by atoms with Crippen LogP contribution in [0.25, 0.3) is 0 Å². The van der Waals surface area contributed by atoms with Crippen LogP contribution in [0.1, 0.15) is 39.1 Å². The van der Waals surface area contributed by atoms with E-state index in [2.05, 4.69) is 16.5 Å². The summed E-state index contributed by atoms with van der Waals surface area (Å²) in [4.78, 5) is 4.32. The second kappa shape index (κ2) is 3.09. The zero-order chi connectivity index (χ0) is 10.3. The Morgan fingerprint density at radius 3 is 2.93 bits per heavy atom. The van der Waals surface area contributed by atoms with Gasteiger partial charge in [0.25, 0.3) is 0 Å². The summed E-state index contributed by atoms with van der Waals surface area (Å²) in [6.07, 6.45) is 5.86. The number of fused-ring (bicyclic) bond motifs is 1. The molecule has 0 aliphatic carbocycles. The topological polar surface area (TPSA) is 38.0 Å². The monoisotopic (exact) mass is 194 g/mol. The van der Waals surface area contributed by atoms with Gasteiger partial charge in [0, 0.05) is 18.8 Å². The minimum absolute atomic E-state index is 0.170. The average Bonchev–Trinajstić information content (AvgIpc) is 2.47. The zero-order valence-corrected chi connectivity index (χ0v) is 9.07. The normalized spacial score (nSPS) is 27.4. The zero-order valence-electron chi connectivity index (χ0n) is 9.07. The Morgan fingerprint density at radius 2 is 2.29 bits per heavy atom. The van der Waals surface area contributed by atoms with Crippen molar-refractivity contribution < 1.29 is 5.11 Å². The molecule has 0 saturated heterocycles. The van der Waals surface area contributed by atoms with Gasteiger partial charge in [-0.05, 0) is 26.2 Å². The fourth-order valence-corrected chi connectivity index (χ4v) is 2.30. The maximum Gasteiger partial charge on any atom is 0.109 e. The van der Waals surface area contributed by atoms with Crippen LogP contribution in [-0.2, 0) is 6.42 Å². The molecule has 2 unspecified atom stereocenters. The summed E-state index contributed by atoms with van der Waals surface area (Å²) in [5, 5.41) is 10.1. The summed E-state index contributed by atoms with van der Waals surface area (Å²) < 4.78 is 2.12. The highest BCUT2D eigenvalue weighted by Gasteiger charge is 2.34. The van der Waals surface area contributed by atoms with Crippen LogP contribution >= 0.6 is 0 Å². The molecule has 0 amide bonds. The van der Waals surface area contributed by atoms with Gasteiger partial charge in [-0.15, -0.1) is 0 Å². The van der Waals surface area contributed by atoms with E-state index in [1.165, 1.54) is 0 Å². The first-order valence-electron chi connectivity index (χ1n) is 5.22. The number of hydrogen-bond acceptors (Lipinski definition) is 2. The lowest BCUT2D eigenvalue weighted by atomic mass is 9.85. The highest BCUT2D eigenvalue weighted by Crippen LogP contribution is 2.35. The number of nitrogens with zero attached hydrogens (tertiary/aromatic N) is 2. The smallest absolute Gasteiger partial charge is 0.109 e. The molecular formula is C11H18N2O. The molecule has 3 heteroatoms. The van der Waals surface area contributed by atoms with Crippen LogP contribution < -0.4 is 0 Å². The fourth-order valence-electron chi connectivity index (χ4n) is 2.30.